The second-order valence-electron chi connectivity index (χ2n) is 3.99. The average molecular weight is 208 g/mol. The van der Waals surface area contributed by atoms with Gasteiger partial charge in [0.25, 0.3) is 5.91 Å². The van der Waals surface area contributed by atoms with Crippen LogP contribution in [0.1, 0.15) is 28.3 Å². The van der Waals surface area contributed by atoms with Crippen LogP contribution in [-0.2, 0) is 0 Å². The van der Waals surface area contributed by atoms with Crippen molar-refractivity contribution < 1.29 is 9.21 Å². The fourth-order valence-electron chi connectivity index (χ4n) is 1.90. The van der Waals surface area contributed by atoms with E-state index >= 15 is 0 Å². The van der Waals surface area contributed by atoms with Gasteiger partial charge in [0, 0.05) is 12.6 Å². The summed E-state index contributed by atoms with van der Waals surface area (Å²) in [6, 6.07) is 2.04. The Labute approximate surface area is 89.0 Å². The van der Waals surface area contributed by atoms with E-state index in [1.54, 1.807) is 6.07 Å². The van der Waals surface area contributed by atoms with Crippen molar-refractivity contribution in [2.75, 3.05) is 13.1 Å². The largest absolute Gasteiger partial charge is 0.466 e. The molecule has 15 heavy (non-hydrogen) atoms. The van der Waals surface area contributed by atoms with Crippen molar-refractivity contribution in [3.05, 3.63) is 23.2 Å². The van der Waals surface area contributed by atoms with Gasteiger partial charge in [-0.05, 0) is 32.9 Å². The second kappa shape index (κ2) is 4.06. The summed E-state index contributed by atoms with van der Waals surface area (Å²) in [4.78, 5) is 11.8. The van der Waals surface area contributed by atoms with Crippen LogP contribution in [-0.4, -0.2) is 25.0 Å². The Morgan fingerprint density at radius 2 is 2.40 bits per heavy atom. The Hall–Kier alpha value is -1.29. The number of carbonyl (C=O) groups excluding carboxylic acids is 1. The maximum Gasteiger partial charge on any atom is 0.255 e. The molecule has 1 fully saturated rings. The molecule has 0 unspecified atom stereocenters. The molecule has 1 saturated heterocycles. The minimum Gasteiger partial charge on any atom is -0.466 e. The lowest BCUT2D eigenvalue weighted by molar-refractivity contribution is 0.0938. The Balaban J connectivity index is 2.03. The smallest absolute Gasteiger partial charge is 0.255 e. The molecule has 1 atom stereocenters. The lowest BCUT2D eigenvalue weighted by atomic mass is 10.2. The molecule has 4 nitrogen and oxygen atoms in total. The van der Waals surface area contributed by atoms with E-state index in [-0.39, 0.29) is 11.9 Å². The van der Waals surface area contributed by atoms with Gasteiger partial charge in [0.15, 0.2) is 0 Å². The molecular formula is C11H16N2O2. The first kappa shape index (κ1) is 10.2. The van der Waals surface area contributed by atoms with E-state index in [4.69, 9.17) is 4.42 Å². The van der Waals surface area contributed by atoms with Crippen molar-refractivity contribution in [2.45, 2.75) is 26.3 Å². The number of rotatable bonds is 2. The summed E-state index contributed by atoms with van der Waals surface area (Å²) < 4.78 is 5.32. The zero-order valence-electron chi connectivity index (χ0n) is 9.09. The van der Waals surface area contributed by atoms with E-state index in [0.29, 0.717) is 11.3 Å². The van der Waals surface area contributed by atoms with Crippen LogP contribution in [0.25, 0.3) is 0 Å². The zero-order valence-corrected chi connectivity index (χ0v) is 9.09. The third kappa shape index (κ3) is 2.21. The van der Waals surface area contributed by atoms with Crippen LogP contribution >= 0.6 is 0 Å². The van der Waals surface area contributed by atoms with E-state index in [1.807, 2.05) is 13.8 Å². The van der Waals surface area contributed by atoms with Crippen LogP contribution in [0.2, 0.25) is 0 Å². The molecule has 1 aliphatic rings. The van der Waals surface area contributed by atoms with Gasteiger partial charge in [-0.25, -0.2) is 0 Å². The molecule has 82 valence electrons. The van der Waals surface area contributed by atoms with Crippen LogP contribution in [0.4, 0.5) is 0 Å². The fourth-order valence-corrected chi connectivity index (χ4v) is 1.90. The third-order valence-electron chi connectivity index (χ3n) is 2.68. The number of carbonyl (C=O) groups is 1. The van der Waals surface area contributed by atoms with Crippen molar-refractivity contribution in [1.82, 2.24) is 10.6 Å². The van der Waals surface area contributed by atoms with Crippen LogP contribution < -0.4 is 10.6 Å². The molecule has 2 heterocycles. The molecule has 1 aliphatic heterocycles. The van der Waals surface area contributed by atoms with Crippen LogP contribution in [0, 0.1) is 13.8 Å². The number of hydrogen-bond donors (Lipinski definition) is 2. The first-order chi connectivity index (χ1) is 7.16. The first-order valence-corrected chi connectivity index (χ1v) is 5.25. The van der Waals surface area contributed by atoms with E-state index in [1.165, 1.54) is 0 Å². The first-order valence-electron chi connectivity index (χ1n) is 5.25. The summed E-state index contributed by atoms with van der Waals surface area (Å²) in [5.74, 6) is 1.44. The highest BCUT2D eigenvalue weighted by Gasteiger charge is 2.20. The van der Waals surface area contributed by atoms with Crippen LogP contribution in [0.3, 0.4) is 0 Å². The second-order valence-corrected chi connectivity index (χ2v) is 3.99. The van der Waals surface area contributed by atoms with Gasteiger partial charge >= 0.3 is 0 Å². The van der Waals surface area contributed by atoms with Gasteiger partial charge in [0.1, 0.15) is 11.5 Å². The quantitative estimate of drug-likeness (QED) is 0.762. The van der Waals surface area contributed by atoms with Crippen LogP contribution in [0.15, 0.2) is 10.5 Å². The zero-order chi connectivity index (χ0) is 10.8. The lowest BCUT2D eigenvalue weighted by Gasteiger charge is -2.10. The van der Waals surface area contributed by atoms with Gasteiger partial charge in [0.2, 0.25) is 0 Å². The monoisotopic (exact) mass is 208 g/mol. The number of nitrogens with one attached hydrogen (secondary N) is 2. The summed E-state index contributed by atoms with van der Waals surface area (Å²) in [6.45, 7) is 5.51. The van der Waals surface area contributed by atoms with E-state index in [9.17, 15) is 4.79 Å². The lowest BCUT2D eigenvalue weighted by Crippen LogP contribution is -2.36. The molecule has 4 heteroatoms. The highest BCUT2D eigenvalue weighted by molar-refractivity contribution is 5.95. The number of aryl methyl sites for hydroxylation is 2. The number of amides is 1. The van der Waals surface area contributed by atoms with Gasteiger partial charge in [-0.3, -0.25) is 4.79 Å². The Morgan fingerprint density at radius 3 is 2.93 bits per heavy atom. The van der Waals surface area contributed by atoms with E-state index in [0.717, 1.165) is 25.3 Å². The molecule has 1 aromatic rings. The van der Waals surface area contributed by atoms with Crippen LogP contribution in [0.5, 0.6) is 0 Å². The van der Waals surface area contributed by atoms with Gasteiger partial charge in [-0.2, -0.15) is 0 Å². The summed E-state index contributed by atoms with van der Waals surface area (Å²) in [5.41, 5.74) is 0.652. The average Bonchev–Trinajstić information content (AvgIpc) is 2.75. The molecule has 0 aliphatic carbocycles. The van der Waals surface area contributed by atoms with Gasteiger partial charge < -0.3 is 15.1 Å². The molecular weight excluding hydrogens is 192 g/mol. The van der Waals surface area contributed by atoms with Gasteiger partial charge in [-0.15, -0.1) is 0 Å². The maximum atomic E-state index is 11.8. The molecule has 0 spiro atoms. The molecule has 1 amide bonds. The van der Waals surface area contributed by atoms with Crippen molar-refractivity contribution in [2.24, 2.45) is 0 Å². The molecule has 2 N–H and O–H groups in total. The molecule has 0 saturated carbocycles. The Morgan fingerprint density at radius 1 is 1.60 bits per heavy atom. The highest BCUT2D eigenvalue weighted by atomic mass is 16.3. The highest BCUT2D eigenvalue weighted by Crippen LogP contribution is 2.13. The van der Waals surface area contributed by atoms with Crippen molar-refractivity contribution in [3.63, 3.8) is 0 Å². The fraction of sp³-hybridized carbons (Fsp3) is 0.545. The van der Waals surface area contributed by atoms with E-state index < -0.39 is 0 Å². The molecule has 2 rings (SSSR count). The molecule has 0 bridgehead atoms. The molecule has 0 aromatic carbocycles. The van der Waals surface area contributed by atoms with Crippen molar-refractivity contribution in [1.29, 1.82) is 0 Å². The SMILES string of the molecule is Cc1cc(C(=O)N[C@H]2CCNC2)c(C)o1. The van der Waals surface area contributed by atoms with E-state index in [2.05, 4.69) is 10.6 Å². The van der Waals surface area contributed by atoms with Crippen molar-refractivity contribution in [3.8, 4) is 0 Å². The summed E-state index contributed by atoms with van der Waals surface area (Å²) in [6.07, 6.45) is 1.00. The number of furan rings is 1. The molecule has 1 aromatic heterocycles. The van der Waals surface area contributed by atoms with Gasteiger partial charge in [-0.1, -0.05) is 0 Å². The minimum absolute atomic E-state index is 0.0296. The summed E-state index contributed by atoms with van der Waals surface area (Å²) >= 11 is 0. The third-order valence-corrected chi connectivity index (χ3v) is 2.68. The summed E-state index contributed by atoms with van der Waals surface area (Å²) in [5, 5.41) is 6.20. The predicted molar refractivity (Wildman–Crippen MR) is 56.9 cm³/mol. The molecule has 0 radical (unpaired) electrons. The normalized spacial score (nSPS) is 20.5. The standard InChI is InChI=1S/C11H16N2O2/c1-7-5-10(8(2)15-7)11(14)13-9-3-4-12-6-9/h5,9,12H,3-4,6H2,1-2H3,(H,13,14)/t9-/m0/s1. The topological polar surface area (TPSA) is 54.3 Å². The Bertz CT molecular complexity index is 365. The number of hydrogen-bond acceptors (Lipinski definition) is 3. The van der Waals surface area contributed by atoms with Crippen molar-refractivity contribution >= 4 is 5.91 Å². The predicted octanol–water partition coefficient (Wildman–Crippen LogP) is 0.988. The minimum atomic E-state index is -0.0296. The summed E-state index contributed by atoms with van der Waals surface area (Å²) in [7, 11) is 0. The van der Waals surface area contributed by atoms with Gasteiger partial charge in [0.05, 0.1) is 5.56 Å². The maximum absolute atomic E-state index is 11.8. The Kier molecular flexibility index (Phi) is 2.77.